The average Bonchev–Trinajstić information content (AvgIpc) is 3.28. The number of hydrogen-bond acceptors (Lipinski definition) is 2. The van der Waals surface area contributed by atoms with E-state index in [1.54, 1.807) is 4.90 Å². The van der Waals surface area contributed by atoms with Gasteiger partial charge in [-0.3, -0.25) is 4.79 Å². The Bertz CT molecular complexity index is 850. The minimum atomic E-state index is -2.99. The first-order valence-electron chi connectivity index (χ1n) is 9.28. The number of halogens is 3. The van der Waals surface area contributed by atoms with Crippen molar-refractivity contribution < 1.29 is 18.0 Å². The first-order valence-corrected chi connectivity index (χ1v) is 9.28. The van der Waals surface area contributed by atoms with Gasteiger partial charge >= 0.3 is 0 Å². The molecular formula is C20H22F3N3O. The van der Waals surface area contributed by atoms with Crippen molar-refractivity contribution in [1.29, 1.82) is 0 Å². The van der Waals surface area contributed by atoms with E-state index in [0.717, 1.165) is 30.4 Å². The van der Waals surface area contributed by atoms with Crippen LogP contribution in [0.25, 0.3) is 0 Å². The molecule has 0 radical (unpaired) electrons. The van der Waals surface area contributed by atoms with Crippen LogP contribution in [0.2, 0.25) is 0 Å². The lowest BCUT2D eigenvalue weighted by atomic mass is 9.95. The van der Waals surface area contributed by atoms with E-state index in [0.29, 0.717) is 0 Å². The Morgan fingerprint density at radius 2 is 1.81 bits per heavy atom. The quantitative estimate of drug-likeness (QED) is 0.793. The summed E-state index contributed by atoms with van der Waals surface area (Å²) in [6.45, 7) is 1.95. The largest absolute Gasteiger partial charge is 0.332 e. The fourth-order valence-corrected chi connectivity index (χ4v) is 4.20. The minimum Gasteiger partial charge on any atom is -0.332 e. The molecule has 4 rings (SSSR count). The summed E-state index contributed by atoms with van der Waals surface area (Å²) in [6.07, 6.45) is 0.325. The van der Waals surface area contributed by atoms with Crippen LogP contribution in [-0.2, 0) is 19.9 Å². The van der Waals surface area contributed by atoms with Gasteiger partial charge in [0.2, 0.25) is 5.95 Å². The van der Waals surface area contributed by atoms with Crippen molar-refractivity contribution in [2.24, 2.45) is 13.0 Å². The van der Waals surface area contributed by atoms with Crippen molar-refractivity contribution in [2.75, 3.05) is 0 Å². The highest BCUT2D eigenvalue weighted by molar-refractivity contribution is 5.96. The molecule has 2 aromatic rings. The Morgan fingerprint density at radius 1 is 1.22 bits per heavy atom. The fraction of sp³-hybridized carbons (Fsp3) is 0.500. The maximum Gasteiger partial charge on any atom is 0.283 e. The SMILES string of the molecule is CC(C1Cc2ccccc2C1)N(C(=O)c1c(C(F)F)nn(C)c1F)C1CC1. The summed E-state index contributed by atoms with van der Waals surface area (Å²) in [4.78, 5) is 14.8. The highest BCUT2D eigenvalue weighted by atomic mass is 19.3. The average molecular weight is 377 g/mol. The van der Waals surface area contributed by atoms with Gasteiger partial charge in [0.05, 0.1) is 0 Å². The van der Waals surface area contributed by atoms with E-state index in [2.05, 4.69) is 17.2 Å². The highest BCUT2D eigenvalue weighted by Gasteiger charge is 2.43. The maximum absolute atomic E-state index is 14.5. The lowest BCUT2D eigenvalue weighted by Crippen LogP contribution is -2.45. The van der Waals surface area contributed by atoms with E-state index in [9.17, 15) is 18.0 Å². The number of benzene rings is 1. The maximum atomic E-state index is 14.5. The third-order valence-corrected chi connectivity index (χ3v) is 5.80. The second kappa shape index (κ2) is 6.69. The van der Waals surface area contributed by atoms with Crippen LogP contribution >= 0.6 is 0 Å². The molecule has 0 spiro atoms. The minimum absolute atomic E-state index is 0.0126. The lowest BCUT2D eigenvalue weighted by molar-refractivity contribution is 0.0596. The zero-order valence-electron chi connectivity index (χ0n) is 15.3. The molecular weight excluding hydrogens is 355 g/mol. The molecule has 0 aliphatic heterocycles. The second-order valence-corrected chi connectivity index (χ2v) is 7.60. The molecule has 2 aliphatic carbocycles. The molecule has 27 heavy (non-hydrogen) atoms. The Hall–Kier alpha value is -2.31. The molecule has 1 aromatic carbocycles. The number of alkyl halides is 2. The van der Waals surface area contributed by atoms with E-state index >= 15 is 0 Å². The molecule has 2 aliphatic rings. The summed E-state index contributed by atoms with van der Waals surface area (Å²) in [6, 6.07) is 7.98. The van der Waals surface area contributed by atoms with Crippen LogP contribution in [0.5, 0.6) is 0 Å². The molecule has 0 saturated heterocycles. The molecule has 144 valence electrons. The molecule has 0 N–H and O–H groups in total. The molecule has 4 nitrogen and oxygen atoms in total. The van der Waals surface area contributed by atoms with E-state index < -0.39 is 29.5 Å². The molecule has 7 heteroatoms. The van der Waals surface area contributed by atoms with Crippen molar-refractivity contribution >= 4 is 5.91 Å². The lowest BCUT2D eigenvalue weighted by Gasteiger charge is -2.33. The van der Waals surface area contributed by atoms with E-state index in [4.69, 9.17) is 0 Å². The molecule has 1 amide bonds. The Kier molecular flexibility index (Phi) is 4.48. The summed E-state index contributed by atoms with van der Waals surface area (Å²) < 4.78 is 41.8. The normalized spacial score (nSPS) is 18.0. The molecule has 1 heterocycles. The molecule has 1 unspecified atom stereocenters. The van der Waals surface area contributed by atoms with Crippen molar-refractivity contribution in [3.8, 4) is 0 Å². The van der Waals surface area contributed by atoms with Crippen LogP contribution in [-0.4, -0.2) is 32.7 Å². The summed E-state index contributed by atoms with van der Waals surface area (Å²) in [5, 5.41) is 3.53. The van der Waals surface area contributed by atoms with Crippen LogP contribution < -0.4 is 0 Å². The van der Waals surface area contributed by atoms with Crippen LogP contribution in [0.1, 0.15) is 53.4 Å². The Labute approximate surface area is 156 Å². The Balaban J connectivity index is 1.63. The highest BCUT2D eigenvalue weighted by Crippen LogP contribution is 2.38. The van der Waals surface area contributed by atoms with Gasteiger partial charge in [0.25, 0.3) is 12.3 Å². The standard InChI is InChI=1S/C20H22F3N3O/c1-11(14-9-12-5-3-4-6-13(12)10-14)26(15-7-8-15)20(27)16-17(18(21)22)24-25(2)19(16)23/h3-6,11,14-15,18H,7-10H2,1-2H3. The molecule has 1 atom stereocenters. The van der Waals surface area contributed by atoms with Gasteiger partial charge < -0.3 is 4.90 Å². The molecule has 1 fully saturated rings. The summed E-state index contributed by atoms with van der Waals surface area (Å²) in [5.74, 6) is -1.47. The van der Waals surface area contributed by atoms with E-state index in [1.165, 1.54) is 18.2 Å². The number of carbonyl (C=O) groups excluding carboxylic acids is 1. The first-order chi connectivity index (χ1) is 12.9. The number of amides is 1. The van der Waals surface area contributed by atoms with Crippen LogP contribution in [0.15, 0.2) is 24.3 Å². The number of aromatic nitrogens is 2. The molecule has 0 bridgehead atoms. The Morgan fingerprint density at radius 3 is 2.33 bits per heavy atom. The zero-order valence-corrected chi connectivity index (χ0v) is 15.3. The van der Waals surface area contributed by atoms with Gasteiger partial charge in [-0.05, 0) is 49.7 Å². The number of rotatable bonds is 5. The van der Waals surface area contributed by atoms with Crippen molar-refractivity contribution in [1.82, 2.24) is 14.7 Å². The van der Waals surface area contributed by atoms with Gasteiger partial charge in [-0.15, -0.1) is 0 Å². The monoisotopic (exact) mass is 377 g/mol. The third kappa shape index (κ3) is 3.13. The van der Waals surface area contributed by atoms with Crippen LogP contribution in [0.4, 0.5) is 13.2 Å². The van der Waals surface area contributed by atoms with Gasteiger partial charge in [0.1, 0.15) is 11.3 Å². The predicted molar refractivity (Wildman–Crippen MR) is 94.1 cm³/mol. The fourth-order valence-electron chi connectivity index (χ4n) is 4.20. The summed E-state index contributed by atoms with van der Waals surface area (Å²) >= 11 is 0. The topological polar surface area (TPSA) is 38.1 Å². The van der Waals surface area contributed by atoms with Crippen LogP contribution in [0, 0.1) is 11.9 Å². The number of aryl methyl sites for hydroxylation is 1. The number of hydrogen-bond donors (Lipinski definition) is 0. The van der Waals surface area contributed by atoms with Gasteiger partial charge in [0, 0.05) is 19.1 Å². The number of nitrogens with zero attached hydrogens (tertiary/aromatic N) is 3. The van der Waals surface area contributed by atoms with Crippen molar-refractivity contribution in [3.05, 3.63) is 52.6 Å². The van der Waals surface area contributed by atoms with Gasteiger partial charge in [-0.25, -0.2) is 13.5 Å². The number of carbonyl (C=O) groups is 1. The van der Waals surface area contributed by atoms with Gasteiger partial charge in [0.15, 0.2) is 0 Å². The predicted octanol–water partition coefficient (Wildman–Crippen LogP) is 3.90. The second-order valence-electron chi connectivity index (χ2n) is 7.60. The van der Waals surface area contributed by atoms with Crippen molar-refractivity contribution in [2.45, 2.75) is 51.1 Å². The molecule has 1 saturated carbocycles. The van der Waals surface area contributed by atoms with Crippen molar-refractivity contribution in [3.63, 3.8) is 0 Å². The zero-order chi connectivity index (χ0) is 19.3. The van der Waals surface area contributed by atoms with Crippen LogP contribution in [0.3, 0.4) is 0 Å². The smallest absolute Gasteiger partial charge is 0.283 e. The van der Waals surface area contributed by atoms with Gasteiger partial charge in [-0.1, -0.05) is 24.3 Å². The summed E-state index contributed by atoms with van der Waals surface area (Å²) in [5.41, 5.74) is 1.17. The first kappa shape index (κ1) is 18.1. The van der Waals surface area contributed by atoms with Gasteiger partial charge in [-0.2, -0.15) is 9.49 Å². The number of fused-ring (bicyclic) bond motifs is 1. The van der Waals surface area contributed by atoms with E-state index in [-0.39, 0.29) is 18.0 Å². The van der Waals surface area contributed by atoms with E-state index in [1.807, 2.05) is 19.1 Å². The molecule has 1 aromatic heterocycles. The third-order valence-electron chi connectivity index (χ3n) is 5.80. The summed E-state index contributed by atoms with van der Waals surface area (Å²) in [7, 11) is 1.23.